The smallest absolute Gasteiger partial charge is 0.297 e. The minimum absolute atomic E-state index is 0.0240. The van der Waals surface area contributed by atoms with E-state index in [-0.39, 0.29) is 36.2 Å². The van der Waals surface area contributed by atoms with Crippen LogP contribution < -0.4 is 0 Å². The summed E-state index contributed by atoms with van der Waals surface area (Å²) in [4.78, 5) is 0.0675. The summed E-state index contributed by atoms with van der Waals surface area (Å²) in [5, 5.41) is 0. The first-order valence-corrected chi connectivity index (χ1v) is 12.1. The summed E-state index contributed by atoms with van der Waals surface area (Å²) in [6.45, 7) is 4.88. The molecule has 0 aliphatic rings. The summed E-state index contributed by atoms with van der Waals surface area (Å²) < 4.78 is 69.4. The second kappa shape index (κ2) is 11.0. The lowest BCUT2D eigenvalue weighted by Gasteiger charge is -2.17. The van der Waals surface area contributed by atoms with Gasteiger partial charge in [0.15, 0.2) is 6.29 Å². The Morgan fingerprint density at radius 2 is 1.17 bits per heavy atom. The molecule has 0 aliphatic carbocycles. The Morgan fingerprint density at radius 3 is 1.63 bits per heavy atom. The molecule has 30 heavy (non-hydrogen) atoms. The standard InChI is InChI=1S/C20H26O8S2/c1-4-25-20(15-28-30(23,24)19-11-7-17(3)8-12-19)26-13-14-27-29(21,22)18-9-5-16(2)6-10-18/h5-12,20H,4,13-15H2,1-3H3/t20-/m0/s1. The fraction of sp³-hybridized carbons (Fsp3) is 0.400. The van der Waals surface area contributed by atoms with Crippen molar-refractivity contribution in [1.82, 2.24) is 0 Å². The van der Waals surface area contributed by atoms with Gasteiger partial charge in [0.1, 0.15) is 6.61 Å². The third kappa shape index (κ3) is 7.46. The summed E-state index contributed by atoms with van der Waals surface area (Å²) in [6.07, 6.45) is -0.999. The Labute approximate surface area is 178 Å². The van der Waals surface area contributed by atoms with Gasteiger partial charge in [0.05, 0.1) is 23.0 Å². The van der Waals surface area contributed by atoms with Crippen LogP contribution in [-0.4, -0.2) is 49.6 Å². The molecular formula is C20H26O8S2. The Morgan fingerprint density at radius 1 is 0.700 bits per heavy atom. The highest BCUT2D eigenvalue weighted by Crippen LogP contribution is 2.15. The molecule has 0 aromatic heterocycles. The van der Waals surface area contributed by atoms with Gasteiger partial charge in [-0.15, -0.1) is 0 Å². The molecule has 0 heterocycles. The molecule has 2 rings (SSSR count). The number of benzene rings is 2. The number of aryl methyl sites for hydroxylation is 2. The Balaban J connectivity index is 1.85. The summed E-state index contributed by atoms with van der Waals surface area (Å²) in [5.74, 6) is 0. The molecule has 0 bridgehead atoms. The maximum Gasteiger partial charge on any atom is 0.297 e. The van der Waals surface area contributed by atoms with Gasteiger partial charge in [0.25, 0.3) is 20.2 Å². The summed E-state index contributed by atoms with van der Waals surface area (Å²) in [5.41, 5.74) is 1.85. The maximum absolute atomic E-state index is 12.3. The van der Waals surface area contributed by atoms with Crippen molar-refractivity contribution in [3.05, 3.63) is 59.7 Å². The van der Waals surface area contributed by atoms with Gasteiger partial charge < -0.3 is 9.47 Å². The molecule has 0 fully saturated rings. The predicted octanol–water partition coefficient (Wildman–Crippen LogP) is 2.79. The topological polar surface area (TPSA) is 105 Å². The Kier molecular flexibility index (Phi) is 8.95. The van der Waals surface area contributed by atoms with E-state index in [2.05, 4.69) is 0 Å². The van der Waals surface area contributed by atoms with Crippen molar-refractivity contribution in [1.29, 1.82) is 0 Å². The molecule has 2 aromatic rings. The van der Waals surface area contributed by atoms with Crippen molar-refractivity contribution < 1.29 is 34.7 Å². The average molecular weight is 459 g/mol. The average Bonchev–Trinajstić information content (AvgIpc) is 2.70. The first-order chi connectivity index (χ1) is 14.1. The second-order valence-corrected chi connectivity index (χ2v) is 9.63. The lowest BCUT2D eigenvalue weighted by Crippen LogP contribution is -2.27. The van der Waals surface area contributed by atoms with E-state index in [4.69, 9.17) is 17.8 Å². The van der Waals surface area contributed by atoms with Crippen LogP contribution in [0, 0.1) is 13.8 Å². The highest BCUT2D eigenvalue weighted by atomic mass is 32.2. The number of rotatable bonds is 12. The van der Waals surface area contributed by atoms with Crippen LogP contribution in [0.25, 0.3) is 0 Å². The van der Waals surface area contributed by atoms with Crippen molar-refractivity contribution in [2.24, 2.45) is 0 Å². The third-order valence-corrected chi connectivity index (χ3v) is 6.58. The normalized spacial score (nSPS) is 13.3. The van der Waals surface area contributed by atoms with E-state index in [1.165, 1.54) is 24.3 Å². The van der Waals surface area contributed by atoms with Crippen molar-refractivity contribution >= 4 is 20.2 Å². The molecule has 0 amide bonds. The molecule has 0 radical (unpaired) electrons. The molecule has 0 aliphatic heterocycles. The van der Waals surface area contributed by atoms with Crippen molar-refractivity contribution in [3.63, 3.8) is 0 Å². The van der Waals surface area contributed by atoms with E-state index in [9.17, 15) is 16.8 Å². The minimum Gasteiger partial charge on any atom is -0.350 e. The third-order valence-electron chi connectivity index (χ3n) is 3.96. The van der Waals surface area contributed by atoms with Crippen LogP contribution in [0.4, 0.5) is 0 Å². The van der Waals surface area contributed by atoms with Gasteiger partial charge in [-0.25, -0.2) is 0 Å². The second-order valence-electron chi connectivity index (χ2n) is 6.40. The summed E-state index contributed by atoms with van der Waals surface area (Å²) in [7, 11) is -7.88. The number of hydrogen-bond donors (Lipinski definition) is 0. The van der Waals surface area contributed by atoms with Crippen molar-refractivity contribution in [2.75, 3.05) is 26.4 Å². The molecule has 0 saturated carbocycles. The van der Waals surface area contributed by atoms with Gasteiger partial charge in [-0.2, -0.15) is 16.8 Å². The molecule has 166 valence electrons. The van der Waals surface area contributed by atoms with Gasteiger partial charge >= 0.3 is 0 Å². The molecule has 0 spiro atoms. The number of ether oxygens (including phenoxy) is 2. The van der Waals surface area contributed by atoms with E-state index < -0.39 is 26.5 Å². The quantitative estimate of drug-likeness (QED) is 0.272. The first kappa shape index (κ1) is 24.4. The van der Waals surface area contributed by atoms with Crippen LogP contribution in [-0.2, 0) is 38.1 Å². The molecule has 1 atom stereocenters. The lowest BCUT2D eigenvalue weighted by molar-refractivity contribution is -0.158. The predicted molar refractivity (Wildman–Crippen MR) is 110 cm³/mol. The zero-order valence-electron chi connectivity index (χ0n) is 17.1. The van der Waals surface area contributed by atoms with Gasteiger partial charge in [0, 0.05) is 6.61 Å². The Hall–Kier alpha value is -1.82. The van der Waals surface area contributed by atoms with Gasteiger partial charge in [-0.05, 0) is 45.0 Å². The van der Waals surface area contributed by atoms with Crippen LogP contribution in [0.15, 0.2) is 58.3 Å². The highest BCUT2D eigenvalue weighted by Gasteiger charge is 2.20. The summed E-state index contributed by atoms with van der Waals surface area (Å²) in [6, 6.07) is 12.5. The largest absolute Gasteiger partial charge is 0.350 e. The first-order valence-electron chi connectivity index (χ1n) is 9.29. The Bertz CT molecular complexity index is 998. The molecule has 0 saturated heterocycles. The van der Waals surface area contributed by atoms with Crippen molar-refractivity contribution in [2.45, 2.75) is 36.9 Å². The van der Waals surface area contributed by atoms with E-state index in [0.717, 1.165) is 11.1 Å². The van der Waals surface area contributed by atoms with E-state index in [0.29, 0.717) is 0 Å². The van der Waals surface area contributed by atoms with E-state index in [1.807, 2.05) is 13.8 Å². The van der Waals surface area contributed by atoms with E-state index >= 15 is 0 Å². The number of hydrogen-bond acceptors (Lipinski definition) is 8. The molecular weight excluding hydrogens is 432 g/mol. The fourth-order valence-corrected chi connectivity index (χ4v) is 4.13. The zero-order chi connectivity index (χ0) is 22.2. The monoisotopic (exact) mass is 458 g/mol. The molecule has 8 nitrogen and oxygen atoms in total. The van der Waals surface area contributed by atoms with Crippen LogP contribution in [0.1, 0.15) is 18.1 Å². The fourth-order valence-electron chi connectivity index (χ4n) is 2.34. The van der Waals surface area contributed by atoms with Crippen LogP contribution >= 0.6 is 0 Å². The van der Waals surface area contributed by atoms with Gasteiger partial charge in [0.2, 0.25) is 0 Å². The SMILES string of the molecule is CCO[C@H](COS(=O)(=O)c1ccc(C)cc1)OCCOS(=O)(=O)c1ccc(C)cc1. The molecule has 10 heteroatoms. The molecule has 0 unspecified atom stereocenters. The van der Waals surface area contributed by atoms with Crippen LogP contribution in [0.5, 0.6) is 0 Å². The van der Waals surface area contributed by atoms with Gasteiger partial charge in [-0.1, -0.05) is 35.4 Å². The lowest BCUT2D eigenvalue weighted by atomic mass is 10.2. The molecule has 0 N–H and O–H groups in total. The van der Waals surface area contributed by atoms with Crippen LogP contribution in [0.2, 0.25) is 0 Å². The summed E-state index contributed by atoms with van der Waals surface area (Å²) >= 11 is 0. The van der Waals surface area contributed by atoms with Crippen LogP contribution in [0.3, 0.4) is 0 Å². The van der Waals surface area contributed by atoms with Crippen molar-refractivity contribution in [3.8, 4) is 0 Å². The van der Waals surface area contributed by atoms with E-state index in [1.54, 1.807) is 31.2 Å². The highest BCUT2D eigenvalue weighted by molar-refractivity contribution is 7.87. The minimum atomic E-state index is -3.97. The van der Waals surface area contributed by atoms with Gasteiger partial charge in [-0.3, -0.25) is 8.37 Å². The maximum atomic E-state index is 12.3. The zero-order valence-corrected chi connectivity index (χ0v) is 18.7. The molecule has 2 aromatic carbocycles.